The molecule has 164 valence electrons. The Kier molecular flexibility index (Phi) is 18.9. The van der Waals surface area contributed by atoms with E-state index in [1.165, 1.54) is 0 Å². The van der Waals surface area contributed by atoms with Crippen LogP contribution >= 0.6 is 0 Å². The molecule has 0 amide bonds. The van der Waals surface area contributed by atoms with E-state index in [0.29, 0.717) is 13.2 Å². The third-order valence-corrected chi connectivity index (χ3v) is 4.40. The van der Waals surface area contributed by atoms with Crippen molar-refractivity contribution in [2.24, 2.45) is 0 Å². The predicted octanol–water partition coefficient (Wildman–Crippen LogP) is 1.64. The second kappa shape index (κ2) is 19.1. The Balaban J connectivity index is 4.06. The van der Waals surface area contributed by atoms with Crippen LogP contribution in [-0.4, -0.2) is 84.5 Å². The molecule has 7 heteroatoms. The molecule has 0 fully saturated rings. The zero-order chi connectivity index (χ0) is 20.3. The van der Waals surface area contributed by atoms with Crippen LogP contribution in [0, 0.1) is 0 Å². The maximum atomic E-state index is 9.43. The Morgan fingerprint density at radius 2 is 1.07 bits per heavy atom. The highest BCUT2D eigenvalue weighted by atomic mass is 16.5. The normalized spacial score (nSPS) is 16.2. The van der Waals surface area contributed by atoms with E-state index in [4.69, 9.17) is 24.4 Å². The van der Waals surface area contributed by atoms with Gasteiger partial charge < -0.3 is 34.6 Å². The minimum absolute atomic E-state index is 0.0259. The van der Waals surface area contributed by atoms with Gasteiger partial charge in [-0.1, -0.05) is 39.5 Å². The Labute approximate surface area is 164 Å². The summed E-state index contributed by atoms with van der Waals surface area (Å²) in [6.45, 7) is 5.10. The highest BCUT2D eigenvalue weighted by Crippen LogP contribution is 2.12. The van der Waals surface area contributed by atoms with Gasteiger partial charge in [0.25, 0.3) is 0 Å². The summed E-state index contributed by atoms with van der Waals surface area (Å²) in [5.74, 6) is 0. The maximum Gasteiger partial charge on any atom is 0.100 e. The number of aliphatic hydroxyl groups is 4. The molecule has 0 aliphatic heterocycles. The molecule has 0 bridgehead atoms. The summed E-state index contributed by atoms with van der Waals surface area (Å²) in [6.07, 6.45) is 6.00. The number of ether oxygens (including phenoxy) is 3. The quantitative estimate of drug-likeness (QED) is 0.232. The first-order valence-corrected chi connectivity index (χ1v) is 10.5. The highest BCUT2D eigenvalue weighted by Gasteiger charge is 2.14. The van der Waals surface area contributed by atoms with Crippen molar-refractivity contribution in [2.45, 2.75) is 89.6 Å². The smallest absolute Gasteiger partial charge is 0.100 e. The van der Waals surface area contributed by atoms with Crippen LogP contribution in [0.2, 0.25) is 0 Å². The van der Waals surface area contributed by atoms with Crippen LogP contribution in [0.15, 0.2) is 0 Å². The number of hydrogen-bond acceptors (Lipinski definition) is 7. The lowest BCUT2D eigenvalue weighted by Crippen LogP contribution is -2.26. The molecule has 0 radical (unpaired) electrons. The zero-order valence-corrected chi connectivity index (χ0v) is 17.2. The third kappa shape index (κ3) is 16.4. The van der Waals surface area contributed by atoms with Crippen molar-refractivity contribution in [1.82, 2.24) is 0 Å². The lowest BCUT2D eigenvalue weighted by atomic mass is 10.1. The summed E-state index contributed by atoms with van der Waals surface area (Å²) in [5, 5.41) is 36.6. The Morgan fingerprint density at radius 3 is 1.41 bits per heavy atom. The van der Waals surface area contributed by atoms with Gasteiger partial charge in [0.15, 0.2) is 0 Å². The van der Waals surface area contributed by atoms with Gasteiger partial charge in [-0.15, -0.1) is 0 Å². The minimum atomic E-state index is -0.833. The maximum absolute atomic E-state index is 9.43. The van der Waals surface area contributed by atoms with Crippen molar-refractivity contribution in [2.75, 3.05) is 39.6 Å². The standard InChI is InChI=1S/C20H42O7/c1-3-5-7-19(26-15-17(23)13-21)9-11-25-12-10-20(8-6-4-2)27-16-18(24)14-22/h17-24H,3-16H2,1-2H3. The first-order valence-electron chi connectivity index (χ1n) is 10.5. The van der Waals surface area contributed by atoms with Crippen molar-refractivity contribution in [3.05, 3.63) is 0 Å². The third-order valence-electron chi connectivity index (χ3n) is 4.40. The van der Waals surface area contributed by atoms with Crippen LogP contribution < -0.4 is 0 Å². The lowest BCUT2D eigenvalue weighted by molar-refractivity contribution is -0.0518. The average Bonchev–Trinajstić information content (AvgIpc) is 2.69. The van der Waals surface area contributed by atoms with Crippen molar-refractivity contribution in [3.8, 4) is 0 Å². The fourth-order valence-corrected chi connectivity index (χ4v) is 2.62. The molecule has 0 saturated heterocycles. The molecule has 7 nitrogen and oxygen atoms in total. The van der Waals surface area contributed by atoms with Crippen molar-refractivity contribution >= 4 is 0 Å². The van der Waals surface area contributed by atoms with E-state index in [1.54, 1.807) is 0 Å². The van der Waals surface area contributed by atoms with Gasteiger partial charge in [0.1, 0.15) is 12.2 Å². The Morgan fingerprint density at radius 1 is 0.667 bits per heavy atom. The number of hydrogen-bond donors (Lipinski definition) is 4. The van der Waals surface area contributed by atoms with Crippen molar-refractivity contribution in [1.29, 1.82) is 0 Å². The molecule has 27 heavy (non-hydrogen) atoms. The van der Waals surface area contributed by atoms with Gasteiger partial charge in [-0.05, 0) is 25.7 Å². The van der Waals surface area contributed by atoms with Gasteiger partial charge in [0, 0.05) is 13.2 Å². The molecule has 4 atom stereocenters. The molecule has 4 unspecified atom stereocenters. The van der Waals surface area contributed by atoms with Crippen LogP contribution in [0.4, 0.5) is 0 Å². The van der Waals surface area contributed by atoms with Gasteiger partial charge in [-0.2, -0.15) is 0 Å². The molecule has 0 aromatic rings. The topological polar surface area (TPSA) is 109 Å². The fourth-order valence-electron chi connectivity index (χ4n) is 2.62. The average molecular weight is 395 g/mol. The summed E-state index contributed by atoms with van der Waals surface area (Å²) in [7, 11) is 0. The summed E-state index contributed by atoms with van der Waals surface area (Å²) in [6, 6.07) is 0. The van der Waals surface area contributed by atoms with Crippen molar-refractivity contribution < 1.29 is 34.6 Å². The van der Waals surface area contributed by atoms with E-state index in [2.05, 4.69) is 13.8 Å². The summed E-state index contributed by atoms with van der Waals surface area (Å²) in [4.78, 5) is 0. The Bertz CT molecular complexity index is 276. The molecular formula is C20H42O7. The van der Waals surface area contributed by atoms with Crippen LogP contribution in [-0.2, 0) is 14.2 Å². The first-order chi connectivity index (χ1) is 13.1. The van der Waals surface area contributed by atoms with Crippen LogP contribution in [0.5, 0.6) is 0 Å². The number of unbranched alkanes of at least 4 members (excludes halogenated alkanes) is 2. The molecule has 0 rings (SSSR count). The summed E-state index contributed by atoms with van der Waals surface area (Å²) >= 11 is 0. The van der Waals surface area contributed by atoms with E-state index in [-0.39, 0.29) is 38.6 Å². The van der Waals surface area contributed by atoms with E-state index in [0.717, 1.165) is 51.4 Å². The molecule has 4 N–H and O–H groups in total. The van der Waals surface area contributed by atoms with Crippen LogP contribution in [0.25, 0.3) is 0 Å². The van der Waals surface area contributed by atoms with E-state index >= 15 is 0 Å². The van der Waals surface area contributed by atoms with Crippen LogP contribution in [0.3, 0.4) is 0 Å². The van der Waals surface area contributed by atoms with E-state index in [1.807, 2.05) is 0 Å². The lowest BCUT2D eigenvalue weighted by Gasteiger charge is -2.21. The molecule has 0 saturated carbocycles. The molecule has 0 aromatic heterocycles. The van der Waals surface area contributed by atoms with Crippen molar-refractivity contribution in [3.63, 3.8) is 0 Å². The minimum Gasteiger partial charge on any atom is -0.394 e. The Hall–Kier alpha value is -0.280. The largest absolute Gasteiger partial charge is 0.394 e. The van der Waals surface area contributed by atoms with Crippen LogP contribution in [0.1, 0.15) is 65.2 Å². The van der Waals surface area contributed by atoms with Gasteiger partial charge in [0.05, 0.1) is 38.6 Å². The SMILES string of the molecule is CCCCC(CCOCCC(CCCC)OCC(O)CO)OCC(O)CO. The highest BCUT2D eigenvalue weighted by molar-refractivity contribution is 4.63. The second-order valence-electron chi connectivity index (χ2n) is 7.06. The molecule has 0 aliphatic rings. The molecule has 0 aliphatic carbocycles. The summed E-state index contributed by atoms with van der Waals surface area (Å²) < 4.78 is 17.1. The fraction of sp³-hybridized carbons (Fsp3) is 1.00. The van der Waals surface area contributed by atoms with Gasteiger partial charge in [-0.3, -0.25) is 0 Å². The zero-order valence-electron chi connectivity index (χ0n) is 17.2. The molecule has 0 spiro atoms. The monoisotopic (exact) mass is 394 g/mol. The number of rotatable bonds is 20. The van der Waals surface area contributed by atoms with Gasteiger partial charge in [0.2, 0.25) is 0 Å². The first kappa shape index (κ1) is 26.7. The molecular weight excluding hydrogens is 352 g/mol. The summed E-state index contributed by atoms with van der Waals surface area (Å²) in [5.41, 5.74) is 0. The second-order valence-corrected chi connectivity index (χ2v) is 7.06. The molecule has 0 heterocycles. The van der Waals surface area contributed by atoms with E-state index in [9.17, 15) is 10.2 Å². The molecule has 0 aromatic carbocycles. The van der Waals surface area contributed by atoms with Gasteiger partial charge in [-0.25, -0.2) is 0 Å². The van der Waals surface area contributed by atoms with E-state index < -0.39 is 12.2 Å². The predicted molar refractivity (Wildman–Crippen MR) is 105 cm³/mol. The van der Waals surface area contributed by atoms with Gasteiger partial charge >= 0.3 is 0 Å². The number of aliphatic hydroxyl groups excluding tert-OH is 4.